The number of anilines is 1. The molecule has 0 radical (unpaired) electrons. The number of benzene rings is 2. The second-order valence-electron chi connectivity index (χ2n) is 6.02. The minimum Gasteiger partial charge on any atom is -0.454 e. The Morgan fingerprint density at radius 1 is 1.17 bits per heavy atom. The minimum absolute atomic E-state index is 0.121. The molecule has 146 valence electrons. The maximum Gasteiger partial charge on any atom is 0.277 e. The van der Waals surface area contributed by atoms with Gasteiger partial charge in [-0.25, -0.2) is 0 Å². The van der Waals surface area contributed by atoms with E-state index in [9.17, 15) is 4.79 Å². The number of carbonyl (C=O) groups is 1. The average molecular weight is 446 g/mol. The Balaban J connectivity index is 1.24. The Hall–Kier alpha value is -2.75. The molecule has 0 aliphatic carbocycles. The lowest BCUT2D eigenvalue weighted by Crippen LogP contribution is -2.13. The van der Waals surface area contributed by atoms with Crippen molar-refractivity contribution < 1.29 is 18.7 Å². The van der Waals surface area contributed by atoms with Crippen LogP contribution in [0.2, 0.25) is 5.02 Å². The van der Waals surface area contributed by atoms with Crippen molar-refractivity contribution in [1.29, 1.82) is 0 Å². The van der Waals surface area contributed by atoms with Crippen LogP contribution in [-0.4, -0.2) is 28.7 Å². The van der Waals surface area contributed by atoms with E-state index >= 15 is 0 Å². The zero-order chi connectivity index (χ0) is 19.8. The number of rotatable bonds is 5. The first-order valence-electron chi connectivity index (χ1n) is 8.50. The molecule has 3 heterocycles. The predicted molar refractivity (Wildman–Crippen MR) is 112 cm³/mol. The first kappa shape index (κ1) is 18.3. The highest BCUT2D eigenvalue weighted by Gasteiger charge is 2.19. The van der Waals surface area contributed by atoms with Crippen molar-refractivity contribution >= 4 is 56.4 Å². The summed E-state index contributed by atoms with van der Waals surface area (Å²) in [5.41, 5.74) is 0.628. The van der Waals surface area contributed by atoms with Crippen molar-refractivity contribution in [1.82, 2.24) is 10.2 Å². The Morgan fingerprint density at radius 3 is 2.93 bits per heavy atom. The zero-order valence-electron chi connectivity index (χ0n) is 14.7. The number of amides is 1. The summed E-state index contributed by atoms with van der Waals surface area (Å²) in [7, 11) is 0. The molecule has 0 fully saturated rings. The number of thiophene rings is 1. The summed E-state index contributed by atoms with van der Waals surface area (Å²) in [6.07, 6.45) is 0. The van der Waals surface area contributed by atoms with Crippen molar-refractivity contribution in [2.24, 2.45) is 0 Å². The van der Waals surface area contributed by atoms with Gasteiger partial charge >= 0.3 is 0 Å². The topological polar surface area (TPSA) is 86.5 Å². The summed E-state index contributed by atoms with van der Waals surface area (Å²) in [6, 6.07) is 13.0. The van der Waals surface area contributed by atoms with Crippen LogP contribution in [-0.2, 0) is 4.79 Å². The number of nitrogens with zero attached hydrogens (tertiary/aromatic N) is 2. The standard InChI is InChI=1S/C19H12ClN3O4S2/c20-16-11-3-1-2-4-14(11)29-17(16)18-22-23-19(27-18)28-8-15(24)21-10-5-6-12-13(7-10)26-9-25-12/h1-7H,8-9H2,(H,21,24). The van der Waals surface area contributed by atoms with E-state index in [1.165, 1.54) is 11.3 Å². The third-order valence-corrected chi connectivity index (χ3v) is 6.60. The summed E-state index contributed by atoms with van der Waals surface area (Å²) in [4.78, 5) is 12.9. The van der Waals surface area contributed by atoms with Crippen LogP contribution in [0, 0.1) is 0 Å². The van der Waals surface area contributed by atoms with Gasteiger partial charge in [0.05, 0.1) is 10.8 Å². The monoisotopic (exact) mass is 445 g/mol. The highest BCUT2D eigenvalue weighted by atomic mass is 35.5. The van der Waals surface area contributed by atoms with E-state index in [0.717, 1.165) is 26.7 Å². The fraction of sp³-hybridized carbons (Fsp3) is 0.105. The molecule has 0 atom stereocenters. The average Bonchev–Trinajstić information content (AvgIpc) is 3.45. The van der Waals surface area contributed by atoms with Gasteiger partial charge in [-0.3, -0.25) is 4.79 Å². The number of carbonyl (C=O) groups excluding carboxylic acids is 1. The molecule has 4 aromatic rings. The molecule has 2 aromatic heterocycles. The molecule has 10 heteroatoms. The van der Waals surface area contributed by atoms with E-state index in [0.29, 0.717) is 33.3 Å². The van der Waals surface area contributed by atoms with E-state index in [-0.39, 0.29) is 18.5 Å². The van der Waals surface area contributed by atoms with Gasteiger partial charge in [-0.05, 0) is 18.2 Å². The molecule has 0 saturated heterocycles. The van der Waals surface area contributed by atoms with E-state index in [1.807, 2.05) is 24.3 Å². The number of halogens is 1. The lowest BCUT2D eigenvalue weighted by Gasteiger charge is -2.05. The fourth-order valence-corrected chi connectivity index (χ4v) is 4.81. The number of hydrogen-bond acceptors (Lipinski definition) is 8. The fourth-order valence-electron chi connectivity index (χ4n) is 2.81. The molecule has 1 aliphatic heterocycles. The van der Waals surface area contributed by atoms with Crippen molar-refractivity contribution in [2.45, 2.75) is 5.22 Å². The molecule has 7 nitrogen and oxygen atoms in total. The SMILES string of the molecule is O=C(CSc1nnc(-c2sc3ccccc3c2Cl)o1)Nc1ccc2c(c1)OCO2. The molecule has 1 amide bonds. The Morgan fingerprint density at radius 2 is 2.03 bits per heavy atom. The third-order valence-electron chi connectivity index (χ3n) is 4.12. The largest absolute Gasteiger partial charge is 0.454 e. The van der Waals surface area contributed by atoms with E-state index in [4.69, 9.17) is 25.5 Å². The number of nitrogens with one attached hydrogen (secondary N) is 1. The molecule has 5 rings (SSSR count). The second-order valence-corrected chi connectivity index (χ2v) is 8.38. The van der Waals surface area contributed by atoms with Crippen LogP contribution in [0.25, 0.3) is 20.9 Å². The molecule has 29 heavy (non-hydrogen) atoms. The highest BCUT2D eigenvalue weighted by Crippen LogP contribution is 2.41. The molecule has 1 aliphatic rings. The van der Waals surface area contributed by atoms with Gasteiger partial charge in [0.1, 0.15) is 4.88 Å². The zero-order valence-corrected chi connectivity index (χ0v) is 17.1. The molecule has 1 N–H and O–H groups in total. The van der Waals surface area contributed by atoms with Gasteiger partial charge in [0.25, 0.3) is 11.1 Å². The Kier molecular flexibility index (Phi) is 4.78. The van der Waals surface area contributed by atoms with Gasteiger partial charge in [-0.1, -0.05) is 41.6 Å². The van der Waals surface area contributed by atoms with Gasteiger partial charge in [0.15, 0.2) is 11.5 Å². The van der Waals surface area contributed by atoms with Crippen molar-refractivity contribution in [3.8, 4) is 22.3 Å². The lowest BCUT2D eigenvalue weighted by molar-refractivity contribution is -0.113. The van der Waals surface area contributed by atoms with Crippen LogP contribution in [0.15, 0.2) is 52.1 Å². The molecule has 0 spiro atoms. The van der Waals surface area contributed by atoms with Crippen LogP contribution < -0.4 is 14.8 Å². The summed E-state index contributed by atoms with van der Waals surface area (Å²) >= 11 is 9.09. The van der Waals surface area contributed by atoms with Crippen LogP contribution in [0.3, 0.4) is 0 Å². The highest BCUT2D eigenvalue weighted by molar-refractivity contribution is 7.99. The first-order valence-corrected chi connectivity index (χ1v) is 10.7. The van der Waals surface area contributed by atoms with Crippen molar-refractivity contribution in [2.75, 3.05) is 17.9 Å². The predicted octanol–water partition coefficient (Wildman–Crippen LogP) is 5.06. The molecule has 0 saturated carbocycles. The third kappa shape index (κ3) is 3.64. The molecule has 0 unspecified atom stereocenters. The van der Waals surface area contributed by atoms with Gasteiger partial charge in [0, 0.05) is 21.8 Å². The number of ether oxygens (including phenoxy) is 2. The smallest absolute Gasteiger partial charge is 0.277 e. The maximum atomic E-state index is 12.2. The minimum atomic E-state index is -0.200. The summed E-state index contributed by atoms with van der Waals surface area (Å²) in [5, 5.41) is 12.7. The number of fused-ring (bicyclic) bond motifs is 2. The number of aromatic nitrogens is 2. The van der Waals surface area contributed by atoms with Gasteiger partial charge in [-0.15, -0.1) is 21.5 Å². The van der Waals surface area contributed by atoms with Gasteiger partial charge < -0.3 is 19.2 Å². The number of thioether (sulfide) groups is 1. The molecule has 0 bridgehead atoms. The van der Waals surface area contributed by atoms with Crippen LogP contribution in [0.4, 0.5) is 5.69 Å². The molecular weight excluding hydrogens is 434 g/mol. The normalized spacial score (nSPS) is 12.4. The molecular formula is C19H12ClN3O4S2. The van der Waals surface area contributed by atoms with E-state index < -0.39 is 0 Å². The van der Waals surface area contributed by atoms with Gasteiger partial charge in [-0.2, -0.15) is 0 Å². The summed E-state index contributed by atoms with van der Waals surface area (Å²) in [6.45, 7) is 0.186. The van der Waals surface area contributed by atoms with Crippen molar-refractivity contribution in [3.63, 3.8) is 0 Å². The van der Waals surface area contributed by atoms with Gasteiger partial charge in [0.2, 0.25) is 12.7 Å². The van der Waals surface area contributed by atoms with Crippen LogP contribution in [0.5, 0.6) is 11.5 Å². The van der Waals surface area contributed by atoms with E-state index in [2.05, 4.69) is 15.5 Å². The van der Waals surface area contributed by atoms with Crippen LogP contribution in [0.1, 0.15) is 0 Å². The summed E-state index contributed by atoms with van der Waals surface area (Å²) in [5.74, 6) is 1.53. The lowest BCUT2D eigenvalue weighted by atomic mass is 10.2. The molecule has 2 aromatic carbocycles. The Labute approximate surface area is 178 Å². The van der Waals surface area contributed by atoms with Crippen molar-refractivity contribution in [3.05, 3.63) is 47.5 Å². The first-order chi connectivity index (χ1) is 14.2. The Bertz CT molecular complexity index is 1220. The summed E-state index contributed by atoms with van der Waals surface area (Å²) < 4.78 is 17.3. The second kappa shape index (κ2) is 7.58. The van der Waals surface area contributed by atoms with Crippen LogP contribution >= 0.6 is 34.7 Å². The quantitative estimate of drug-likeness (QED) is 0.429. The number of hydrogen-bond donors (Lipinski definition) is 1. The maximum absolute atomic E-state index is 12.2. The van der Waals surface area contributed by atoms with E-state index in [1.54, 1.807) is 18.2 Å².